The second kappa shape index (κ2) is 6.44. The van der Waals surface area contributed by atoms with E-state index in [4.69, 9.17) is 9.15 Å². The van der Waals surface area contributed by atoms with Gasteiger partial charge in [-0.05, 0) is 24.3 Å². The van der Waals surface area contributed by atoms with E-state index in [0.717, 1.165) is 17.1 Å². The first-order valence-corrected chi connectivity index (χ1v) is 5.91. The lowest BCUT2D eigenvalue weighted by Gasteiger charge is -2.03. The minimum Gasteiger partial charge on any atom is -0.496 e. The van der Waals surface area contributed by atoms with Crippen molar-refractivity contribution in [3.8, 4) is 5.75 Å². The van der Waals surface area contributed by atoms with Gasteiger partial charge in [0.2, 0.25) is 5.91 Å². The van der Waals surface area contributed by atoms with E-state index < -0.39 is 0 Å². The monoisotopic (exact) mass is 257 g/mol. The molecular weight excluding hydrogens is 242 g/mol. The Bertz CT molecular complexity index is 559. The van der Waals surface area contributed by atoms with Gasteiger partial charge < -0.3 is 14.5 Å². The molecule has 0 fully saturated rings. The van der Waals surface area contributed by atoms with Crippen LogP contribution in [0.4, 0.5) is 0 Å². The Morgan fingerprint density at radius 2 is 2.16 bits per heavy atom. The predicted molar refractivity (Wildman–Crippen MR) is 72.6 cm³/mol. The molecule has 4 nitrogen and oxygen atoms in total. The van der Waals surface area contributed by atoms with Crippen LogP contribution in [-0.4, -0.2) is 13.0 Å². The van der Waals surface area contributed by atoms with Crippen molar-refractivity contribution in [1.82, 2.24) is 5.32 Å². The molecule has 0 unspecified atom stereocenters. The van der Waals surface area contributed by atoms with E-state index >= 15 is 0 Å². The average molecular weight is 257 g/mol. The molecule has 1 aromatic carbocycles. The van der Waals surface area contributed by atoms with Crippen molar-refractivity contribution >= 4 is 12.0 Å². The first-order valence-electron chi connectivity index (χ1n) is 5.91. The lowest BCUT2D eigenvalue weighted by Crippen LogP contribution is -2.19. The Hall–Kier alpha value is -2.49. The maximum Gasteiger partial charge on any atom is 0.244 e. The topological polar surface area (TPSA) is 51.5 Å². The van der Waals surface area contributed by atoms with E-state index in [0.29, 0.717) is 6.54 Å². The van der Waals surface area contributed by atoms with Crippen LogP contribution < -0.4 is 10.1 Å². The van der Waals surface area contributed by atoms with Crippen LogP contribution in [0.15, 0.2) is 53.2 Å². The summed E-state index contributed by atoms with van der Waals surface area (Å²) < 4.78 is 10.3. The normalized spacial score (nSPS) is 10.6. The van der Waals surface area contributed by atoms with Gasteiger partial charge in [0.1, 0.15) is 11.5 Å². The molecule has 19 heavy (non-hydrogen) atoms. The molecule has 0 atom stereocenters. The van der Waals surface area contributed by atoms with Crippen LogP contribution in [0.5, 0.6) is 5.75 Å². The second-order valence-corrected chi connectivity index (χ2v) is 3.87. The highest BCUT2D eigenvalue weighted by Gasteiger charge is 2.00. The Morgan fingerprint density at radius 1 is 1.32 bits per heavy atom. The summed E-state index contributed by atoms with van der Waals surface area (Å²) in [5.74, 6) is 1.28. The van der Waals surface area contributed by atoms with Crippen molar-refractivity contribution in [2.75, 3.05) is 7.11 Å². The highest BCUT2D eigenvalue weighted by atomic mass is 16.5. The van der Waals surface area contributed by atoms with Crippen molar-refractivity contribution in [3.63, 3.8) is 0 Å². The van der Waals surface area contributed by atoms with Gasteiger partial charge in [0.25, 0.3) is 0 Å². The molecule has 0 spiro atoms. The first kappa shape index (κ1) is 13.0. The number of carbonyl (C=O) groups is 1. The minimum absolute atomic E-state index is 0.178. The maximum atomic E-state index is 11.6. The zero-order valence-electron chi connectivity index (χ0n) is 10.6. The fourth-order valence-electron chi connectivity index (χ4n) is 1.62. The van der Waals surface area contributed by atoms with E-state index in [1.54, 1.807) is 25.5 Å². The number of carbonyl (C=O) groups excluding carboxylic acids is 1. The van der Waals surface area contributed by atoms with Crippen LogP contribution in [-0.2, 0) is 11.3 Å². The van der Waals surface area contributed by atoms with Crippen LogP contribution in [0.3, 0.4) is 0 Å². The Balaban J connectivity index is 1.92. The number of benzene rings is 1. The fourth-order valence-corrected chi connectivity index (χ4v) is 1.62. The first-order chi connectivity index (χ1) is 9.29. The van der Waals surface area contributed by atoms with Gasteiger partial charge >= 0.3 is 0 Å². The third-order valence-electron chi connectivity index (χ3n) is 2.57. The molecule has 0 saturated heterocycles. The predicted octanol–water partition coefficient (Wildman–Crippen LogP) is 2.62. The van der Waals surface area contributed by atoms with Crippen LogP contribution in [0, 0.1) is 0 Å². The fraction of sp³-hybridized carbons (Fsp3) is 0.133. The number of ether oxygens (including phenoxy) is 1. The summed E-state index contributed by atoms with van der Waals surface area (Å²) in [5, 5.41) is 2.73. The molecular formula is C15H15NO3. The van der Waals surface area contributed by atoms with Crippen molar-refractivity contribution < 1.29 is 13.9 Å². The van der Waals surface area contributed by atoms with Crippen molar-refractivity contribution in [1.29, 1.82) is 0 Å². The zero-order valence-corrected chi connectivity index (χ0v) is 10.6. The Labute approximate surface area is 111 Å². The highest BCUT2D eigenvalue weighted by Crippen LogP contribution is 2.18. The Kier molecular flexibility index (Phi) is 4.39. The molecule has 1 N–H and O–H groups in total. The summed E-state index contributed by atoms with van der Waals surface area (Å²) in [5.41, 5.74) is 0.859. The van der Waals surface area contributed by atoms with E-state index in [-0.39, 0.29) is 5.91 Å². The summed E-state index contributed by atoms with van der Waals surface area (Å²) in [4.78, 5) is 11.6. The van der Waals surface area contributed by atoms with Gasteiger partial charge in [-0.25, -0.2) is 0 Å². The molecule has 4 heteroatoms. The molecule has 0 aliphatic carbocycles. The summed E-state index contributed by atoms with van der Waals surface area (Å²) in [7, 11) is 1.60. The second-order valence-electron chi connectivity index (χ2n) is 3.87. The molecule has 0 aliphatic heterocycles. The number of hydrogen-bond acceptors (Lipinski definition) is 3. The lowest BCUT2D eigenvalue weighted by atomic mass is 10.2. The third kappa shape index (κ3) is 3.74. The van der Waals surface area contributed by atoms with Crippen LogP contribution >= 0.6 is 0 Å². The average Bonchev–Trinajstić information content (AvgIpc) is 2.96. The standard InChI is InChI=1S/C15H15NO3/c1-18-14-7-3-2-5-12(14)8-9-15(17)16-11-13-6-4-10-19-13/h2-10H,11H2,1H3,(H,16,17). The minimum atomic E-state index is -0.178. The van der Waals surface area contributed by atoms with E-state index in [2.05, 4.69) is 5.32 Å². The molecule has 0 bridgehead atoms. The van der Waals surface area contributed by atoms with Crippen LogP contribution in [0.2, 0.25) is 0 Å². The smallest absolute Gasteiger partial charge is 0.244 e. The Morgan fingerprint density at radius 3 is 2.89 bits per heavy atom. The molecule has 1 heterocycles. The number of rotatable bonds is 5. The highest BCUT2D eigenvalue weighted by molar-refractivity contribution is 5.92. The van der Waals surface area contributed by atoms with Crippen LogP contribution in [0.1, 0.15) is 11.3 Å². The van der Waals surface area contributed by atoms with Gasteiger partial charge in [-0.3, -0.25) is 4.79 Å². The van der Waals surface area contributed by atoms with E-state index in [9.17, 15) is 4.79 Å². The number of furan rings is 1. The quantitative estimate of drug-likeness (QED) is 0.838. The van der Waals surface area contributed by atoms with Crippen molar-refractivity contribution in [3.05, 3.63) is 60.1 Å². The van der Waals surface area contributed by atoms with Gasteiger partial charge in [-0.2, -0.15) is 0 Å². The SMILES string of the molecule is COc1ccccc1C=CC(=O)NCc1ccco1. The van der Waals surface area contributed by atoms with Crippen LogP contribution in [0.25, 0.3) is 6.08 Å². The molecule has 0 saturated carbocycles. The number of para-hydroxylation sites is 1. The summed E-state index contributed by atoms with van der Waals surface area (Å²) in [6.45, 7) is 0.377. The summed E-state index contributed by atoms with van der Waals surface area (Å²) >= 11 is 0. The van der Waals surface area contributed by atoms with Gasteiger partial charge in [0.05, 0.1) is 19.9 Å². The molecule has 0 radical (unpaired) electrons. The largest absolute Gasteiger partial charge is 0.496 e. The van der Waals surface area contributed by atoms with E-state index in [1.807, 2.05) is 30.3 Å². The number of methoxy groups -OCH3 is 1. The maximum absolute atomic E-state index is 11.6. The zero-order chi connectivity index (χ0) is 13.5. The summed E-state index contributed by atoms with van der Waals surface area (Å²) in [6, 6.07) is 11.1. The number of nitrogens with one attached hydrogen (secondary N) is 1. The lowest BCUT2D eigenvalue weighted by molar-refractivity contribution is -0.116. The van der Waals surface area contributed by atoms with Gasteiger partial charge in [-0.15, -0.1) is 0 Å². The third-order valence-corrected chi connectivity index (χ3v) is 2.57. The van der Waals surface area contributed by atoms with Crippen molar-refractivity contribution in [2.24, 2.45) is 0 Å². The number of amides is 1. The molecule has 1 aromatic heterocycles. The summed E-state index contributed by atoms with van der Waals surface area (Å²) in [6.07, 6.45) is 4.77. The van der Waals surface area contributed by atoms with Crippen molar-refractivity contribution in [2.45, 2.75) is 6.54 Å². The van der Waals surface area contributed by atoms with Gasteiger partial charge in [0.15, 0.2) is 0 Å². The van der Waals surface area contributed by atoms with Gasteiger partial charge in [0, 0.05) is 11.6 Å². The van der Waals surface area contributed by atoms with E-state index in [1.165, 1.54) is 6.08 Å². The van der Waals surface area contributed by atoms with Gasteiger partial charge in [-0.1, -0.05) is 18.2 Å². The molecule has 2 aromatic rings. The molecule has 98 valence electrons. The number of hydrogen-bond donors (Lipinski definition) is 1. The molecule has 2 rings (SSSR count). The molecule has 0 aliphatic rings. The molecule has 1 amide bonds.